The Morgan fingerprint density at radius 1 is 1.17 bits per heavy atom. The lowest BCUT2D eigenvalue weighted by Gasteiger charge is -2.15. The number of hydrogen-bond acceptors (Lipinski definition) is 3. The molecule has 0 saturated heterocycles. The minimum atomic E-state index is -0.627. The molecule has 2 aromatic carbocycles. The van der Waals surface area contributed by atoms with Crippen LogP contribution in [0.25, 0.3) is 0 Å². The summed E-state index contributed by atoms with van der Waals surface area (Å²) < 4.78 is 11.0. The molecule has 2 aromatic rings. The van der Waals surface area contributed by atoms with Crippen LogP contribution in [0.3, 0.4) is 0 Å². The first kappa shape index (κ1) is 17.2. The van der Waals surface area contributed by atoms with Gasteiger partial charge in [0.15, 0.2) is 6.10 Å². The van der Waals surface area contributed by atoms with Crippen LogP contribution in [0.15, 0.2) is 48.5 Å². The molecule has 0 unspecified atom stereocenters. The Balaban J connectivity index is 1.85. The Morgan fingerprint density at radius 2 is 1.87 bits per heavy atom. The smallest absolute Gasteiger partial charge is 0.261 e. The average Bonchev–Trinajstić information content (AvgIpc) is 2.56. The highest BCUT2D eigenvalue weighted by Crippen LogP contribution is 2.24. The Hall–Kier alpha value is -2.20. The molecule has 0 heterocycles. The van der Waals surface area contributed by atoms with Crippen LogP contribution in [0.4, 0.5) is 0 Å². The summed E-state index contributed by atoms with van der Waals surface area (Å²) in [6, 6.07) is 14.7. The number of para-hydroxylation sites is 1. The van der Waals surface area contributed by atoms with Crippen LogP contribution in [-0.4, -0.2) is 18.6 Å². The second kappa shape index (κ2) is 8.44. The summed E-state index contributed by atoms with van der Waals surface area (Å²) in [7, 11) is 0. The van der Waals surface area contributed by atoms with Crippen molar-refractivity contribution in [2.75, 3.05) is 6.61 Å². The van der Waals surface area contributed by atoms with E-state index in [4.69, 9.17) is 21.1 Å². The van der Waals surface area contributed by atoms with Crippen LogP contribution in [-0.2, 0) is 11.3 Å². The molecule has 0 saturated carbocycles. The summed E-state index contributed by atoms with van der Waals surface area (Å²) in [4.78, 5) is 12.1. The van der Waals surface area contributed by atoms with Gasteiger partial charge in [0, 0.05) is 6.54 Å². The zero-order valence-corrected chi connectivity index (χ0v) is 14.0. The predicted octanol–water partition coefficient (Wildman–Crippen LogP) is 3.82. The normalized spacial score (nSPS) is 11.6. The van der Waals surface area contributed by atoms with Gasteiger partial charge in [-0.25, -0.2) is 0 Å². The van der Waals surface area contributed by atoms with Gasteiger partial charge < -0.3 is 14.8 Å². The van der Waals surface area contributed by atoms with Crippen LogP contribution in [0.2, 0.25) is 5.02 Å². The molecule has 122 valence electrons. The van der Waals surface area contributed by atoms with Crippen LogP contribution in [0.1, 0.15) is 19.4 Å². The van der Waals surface area contributed by atoms with E-state index in [0.717, 1.165) is 11.3 Å². The third-order valence-corrected chi connectivity index (χ3v) is 3.52. The number of rotatable bonds is 7. The standard InChI is InChI=1S/C18H20ClNO3/c1-3-22-15-10-8-14(9-11-15)12-20-18(21)13(2)23-17-7-5-4-6-16(17)19/h4-11,13H,3,12H2,1-2H3,(H,20,21)/t13-/m0/s1. The third-order valence-electron chi connectivity index (χ3n) is 3.21. The fourth-order valence-electron chi connectivity index (χ4n) is 1.99. The number of amides is 1. The van der Waals surface area contributed by atoms with Crippen molar-refractivity contribution < 1.29 is 14.3 Å². The lowest BCUT2D eigenvalue weighted by molar-refractivity contribution is -0.127. The van der Waals surface area contributed by atoms with E-state index in [9.17, 15) is 4.79 Å². The highest BCUT2D eigenvalue weighted by molar-refractivity contribution is 6.32. The summed E-state index contributed by atoms with van der Waals surface area (Å²) in [5.74, 6) is 1.12. The van der Waals surface area contributed by atoms with Crippen molar-refractivity contribution >= 4 is 17.5 Å². The van der Waals surface area contributed by atoms with E-state index in [1.807, 2.05) is 43.3 Å². The quantitative estimate of drug-likeness (QED) is 0.837. The maximum absolute atomic E-state index is 12.1. The van der Waals surface area contributed by atoms with Gasteiger partial charge in [-0.2, -0.15) is 0 Å². The first-order chi connectivity index (χ1) is 11.1. The van der Waals surface area contributed by atoms with Gasteiger partial charge in [0.05, 0.1) is 11.6 Å². The fraction of sp³-hybridized carbons (Fsp3) is 0.278. The number of carbonyl (C=O) groups excluding carboxylic acids is 1. The molecule has 2 rings (SSSR count). The highest BCUT2D eigenvalue weighted by Gasteiger charge is 2.15. The van der Waals surface area contributed by atoms with Crippen LogP contribution in [0, 0.1) is 0 Å². The first-order valence-electron chi connectivity index (χ1n) is 7.50. The fourth-order valence-corrected chi connectivity index (χ4v) is 2.17. The largest absolute Gasteiger partial charge is 0.494 e. The highest BCUT2D eigenvalue weighted by atomic mass is 35.5. The Bertz CT molecular complexity index is 643. The van der Waals surface area contributed by atoms with Gasteiger partial charge >= 0.3 is 0 Å². The second-order valence-corrected chi connectivity index (χ2v) is 5.39. The minimum Gasteiger partial charge on any atom is -0.494 e. The second-order valence-electron chi connectivity index (χ2n) is 4.99. The van der Waals surface area contributed by atoms with Gasteiger partial charge in [-0.05, 0) is 43.7 Å². The summed E-state index contributed by atoms with van der Waals surface area (Å²) in [5, 5.41) is 3.33. The van der Waals surface area contributed by atoms with Crippen LogP contribution < -0.4 is 14.8 Å². The number of halogens is 1. The minimum absolute atomic E-state index is 0.196. The predicted molar refractivity (Wildman–Crippen MR) is 91.0 cm³/mol. The van der Waals surface area contributed by atoms with Gasteiger partial charge in [0.2, 0.25) is 0 Å². The van der Waals surface area contributed by atoms with Gasteiger partial charge in [0.1, 0.15) is 11.5 Å². The van der Waals surface area contributed by atoms with Gasteiger partial charge in [-0.15, -0.1) is 0 Å². The van der Waals surface area contributed by atoms with Gasteiger partial charge in [-0.3, -0.25) is 4.79 Å². The van der Waals surface area contributed by atoms with Crippen molar-refractivity contribution in [3.8, 4) is 11.5 Å². The average molecular weight is 334 g/mol. The monoisotopic (exact) mass is 333 g/mol. The van der Waals surface area contributed by atoms with E-state index in [0.29, 0.717) is 23.9 Å². The van der Waals surface area contributed by atoms with E-state index in [2.05, 4.69) is 5.32 Å². The van der Waals surface area contributed by atoms with Crippen LogP contribution >= 0.6 is 11.6 Å². The van der Waals surface area contributed by atoms with Crippen molar-refractivity contribution in [3.05, 3.63) is 59.1 Å². The summed E-state index contributed by atoms with van der Waals surface area (Å²) in [6.45, 7) is 4.69. The molecule has 0 fully saturated rings. The van der Waals surface area contributed by atoms with Crippen molar-refractivity contribution in [2.24, 2.45) is 0 Å². The van der Waals surface area contributed by atoms with Crippen LogP contribution in [0.5, 0.6) is 11.5 Å². The molecule has 0 aliphatic carbocycles. The summed E-state index contributed by atoms with van der Waals surface area (Å²) in [5.41, 5.74) is 0.992. The number of hydrogen-bond donors (Lipinski definition) is 1. The molecule has 1 amide bonds. The maximum atomic E-state index is 12.1. The molecular formula is C18H20ClNO3. The van der Waals surface area contributed by atoms with Gasteiger partial charge in [-0.1, -0.05) is 35.9 Å². The Labute approximate surface area is 141 Å². The molecule has 1 atom stereocenters. The molecule has 0 aliphatic heterocycles. The molecule has 0 spiro atoms. The van der Waals surface area contributed by atoms with E-state index in [-0.39, 0.29) is 5.91 Å². The number of carbonyl (C=O) groups is 1. The SMILES string of the molecule is CCOc1ccc(CNC(=O)[C@H](C)Oc2ccccc2Cl)cc1. The van der Waals surface area contributed by atoms with E-state index >= 15 is 0 Å². The molecule has 5 heteroatoms. The molecule has 0 aliphatic rings. The topological polar surface area (TPSA) is 47.6 Å². The number of nitrogens with one attached hydrogen (secondary N) is 1. The lowest BCUT2D eigenvalue weighted by atomic mass is 10.2. The molecule has 23 heavy (non-hydrogen) atoms. The molecule has 0 bridgehead atoms. The molecular weight excluding hydrogens is 314 g/mol. The van der Waals surface area contributed by atoms with Crippen molar-refractivity contribution in [2.45, 2.75) is 26.5 Å². The maximum Gasteiger partial charge on any atom is 0.261 e. The zero-order valence-electron chi connectivity index (χ0n) is 13.2. The van der Waals surface area contributed by atoms with Crippen molar-refractivity contribution in [1.82, 2.24) is 5.32 Å². The number of benzene rings is 2. The Morgan fingerprint density at radius 3 is 2.52 bits per heavy atom. The first-order valence-corrected chi connectivity index (χ1v) is 7.88. The molecule has 0 aromatic heterocycles. The molecule has 1 N–H and O–H groups in total. The third kappa shape index (κ3) is 5.18. The number of ether oxygens (including phenoxy) is 2. The Kier molecular flexibility index (Phi) is 6.29. The summed E-state index contributed by atoms with van der Waals surface area (Å²) in [6.07, 6.45) is -0.627. The van der Waals surface area contributed by atoms with E-state index < -0.39 is 6.10 Å². The molecule has 4 nitrogen and oxygen atoms in total. The summed E-state index contributed by atoms with van der Waals surface area (Å²) >= 11 is 6.02. The zero-order chi connectivity index (χ0) is 16.7. The van der Waals surface area contributed by atoms with E-state index in [1.54, 1.807) is 19.1 Å². The van der Waals surface area contributed by atoms with Crippen molar-refractivity contribution in [1.29, 1.82) is 0 Å². The van der Waals surface area contributed by atoms with Gasteiger partial charge in [0.25, 0.3) is 5.91 Å². The lowest BCUT2D eigenvalue weighted by Crippen LogP contribution is -2.35. The van der Waals surface area contributed by atoms with E-state index in [1.165, 1.54) is 0 Å². The molecule has 0 radical (unpaired) electrons. The van der Waals surface area contributed by atoms with Crippen molar-refractivity contribution in [3.63, 3.8) is 0 Å².